The summed E-state index contributed by atoms with van der Waals surface area (Å²) in [5.74, 6) is -0.230. The smallest absolute Gasteiger partial charge is 0.407 e. The summed E-state index contributed by atoms with van der Waals surface area (Å²) in [7, 11) is 0. The average Bonchev–Trinajstić information content (AvgIpc) is 2.95. The van der Waals surface area contributed by atoms with Crippen LogP contribution >= 0.6 is 0 Å². The SMILES string of the molecule is C#CCCC(=O)N[C@@H](CCCCNC(=O)OC(C)(C)C)C(=O)ON1C(=O)CCC1=O. The van der Waals surface area contributed by atoms with E-state index in [0.29, 0.717) is 24.4 Å². The normalized spacial score (nSPS) is 14.7. The number of unbranched alkanes of at least 4 members (excludes halogenated alkanes) is 1. The van der Waals surface area contributed by atoms with Gasteiger partial charge < -0.3 is 20.2 Å². The molecule has 0 bridgehead atoms. The zero-order chi connectivity index (χ0) is 22.7. The Balaban J connectivity index is 2.54. The Morgan fingerprint density at radius 1 is 1.17 bits per heavy atom. The van der Waals surface area contributed by atoms with Gasteiger partial charge in [0.25, 0.3) is 11.8 Å². The average molecular weight is 423 g/mol. The number of carbonyl (C=O) groups is 5. The molecule has 1 heterocycles. The van der Waals surface area contributed by atoms with Crippen LogP contribution in [0.25, 0.3) is 0 Å². The van der Waals surface area contributed by atoms with Crippen molar-refractivity contribution < 1.29 is 33.5 Å². The largest absolute Gasteiger partial charge is 0.444 e. The van der Waals surface area contributed by atoms with Crippen LogP contribution < -0.4 is 10.6 Å². The van der Waals surface area contributed by atoms with Crippen molar-refractivity contribution in [3.8, 4) is 12.3 Å². The molecule has 0 aromatic heterocycles. The highest BCUT2D eigenvalue weighted by Gasteiger charge is 2.35. The molecule has 4 amide bonds. The molecule has 1 aliphatic heterocycles. The summed E-state index contributed by atoms with van der Waals surface area (Å²) in [6, 6.07) is -1.06. The van der Waals surface area contributed by atoms with E-state index in [1.165, 1.54) is 0 Å². The van der Waals surface area contributed by atoms with Crippen LogP contribution in [0.1, 0.15) is 65.7 Å². The molecule has 1 fully saturated rings. The van der Waals surface area contributed by atoms with Crippen molar-refractivity contribution >= 4 is 29.8 Å². The van der Waals surface area contributed by atoms with Gasteiger partial charge in [-0.3, -0.25) is 14.4 Å². The quantitative estimate of drug-likeness (QED) is 0.306. The summed E-state index contributed by atoms with van der Waals surface area (Å²) in [5, 5.41) is 5.55. The van der Waals surface area contributed by atoms with Crippen LogP contribution in [-0.4, -0.2) is 53.0 Å². The zero-order valence-corrected chi connectivity index (χ0v) is 17.6. The van der Waals surface area contributed by atoms with Crippen LogP contribution in [0.4, 0.5) is 4.79 Å². The number of nitrogens with one attached hydrogen (secondary N) is 2. The molecular weight excluding hydrogens is 394 g/mol. The van der Waals surface area contributed by atoms with E-state index in [4.69, 9.17) is 16.0 Å². The minimum absolute atomic E-state index is 0.0261. The molecule has 1 aliphatic rings. The topological polar surface area (TPSA) is 131 Å². The summed E-state index contributed by atoms with van der Waals surface area (Å²) in [6.07, 6.45) is 5.91. The number of amides is 4. The molecule has 10 heteroatoms. The lowest BCUT2D eigenvalue weighted by atomic mass is 10.1. The Kier molecular flexibility index (Phi) is 9.81. The standard InChI is InChI=1S/C20H29N3O7/c1-5-6-10-15(24)22-14(18(27)30-23-16(25)11-12-17(23)26)9-7-8-13-21-19(28)29-20(2,3)4/h1,14H,6-13H2,2-4H3,(H,21,28)(H,22,24)/t14-/m0/s1. The van der Waals surface area contributed by atoms with Gasteiger partial charge in [-0.1, -0.05) is 0 Å². The summed E-state index contributed by atoms with van der Waals surface area (Å²) in [6.45, 7) is 5.56. The van der Waals surface area contributed by atoms with Gasteiger partial charge in [-0.05, 0) is 40.0 Å². The highest BCUT2D eigenvalue weighted by molar-refractivity contribution is 6.01. The number of hydrogen-bond acceptors (Lipinski definition) is 7. The van der Waals surface area contributed by atoms with E-state index in [2.05, 4.69) is 16.6 Å². The number of carbonyl (C=O) groups excluding carboxylic acids is 5. The molecule has 0 unspecified atom stereocenters. The van der Waals surface area contributed by atoms with Gasteiger partial charge in [0.2, 0.25) is 5.91 Å². The van der Waals surface area contributed by atoms with Crippen LogP contribution in [0.5, 0.6) is 0 Å². The minimum atomic E-state index is -1.06. The van der Waals surface area contributed by atoms with E-state index in [-0.39, 0.29) is 32.1 Å². The van der Waals surface area contributed by atoms with Crippen molar-refractivity contribution in [3.05, 3.63) is 0 Å². The van der Waals surface area contributed by atoms with Crippen LogP contribution in [-0.2, 0) is 28.8 Å². The first-order valence-corrected chi connectivity index (χ1v) is 9.80. The highest BCUT2D eigenvalue weighted by Crippen LogP contribution is 2.14. The first kappa shape index (κ1) is 24.9. The molecule has 0 spiro atoms. The van der Waals surface area contributed by atoms with Crippen LogP contribution in [0.2, 0.25) is 0 Å². The Labute approximate surface area is 176 Å². The van der Waals surface area contributed by atoms with E-state index in [9.17, 15) is 24.0 Å². The third-order valence-corrected chi connectivity index (χ3v) is 3.89. The lowest BCUT2D eigenvalue weighted by Gasteiger charge is -2.21. The molecule has 0 saturated carbocycles. The molecule has 2 N–H and O–H groups in total. The van der Waals surface area contributed by atoms with Crippen molar-refractivity contribution in [2.24, 2.45) is 0 Å². The maximum absolute atomic E-state index is 12.4. The third kappa shape index (κ3) is 9.41. The second-order valence-electron chi connectivity index (χ2n) is 7.74. The van der Waals surface area contributed by atoms with E-state index >= 15 is 0 Å². The first-order chi connectivity index (χ1) is 14.0. The number of nitrogens with zero attached hydrogens (tertiary/aromatic N) is 1. The maximum atomic E-state index is 12.4. The molecule has 30 heavy (non-hydrogen) atoms. The van der Waals surface area contributed by atoms with E-state index < -0.39 is 41.4 Å². The molecule has 0 aromatic carbocycles. The van der Waals surface area contributed by atoms with Gasteiger partial charge in [-0.25, -0.2) is 9.59 Å². The molecular formula is C20H29N3O7. The van der Waals surface area contributed by atoms with E-state index in [1.54, 1.807) is 20.8 Å². The second kappa shape index (κ2) is 11.8. The van der Waals surface area contributed by atoms with Gasteiger partial charge in [0.1, 0.15) is 11.6 Å². The predicted molar refractivity (Wildman–Crippen MR) is 105 cm³/mol. The first-order valence-electron chi connectivity index (χ1n) is 9.80. The van der Waals surface area contributed by atoms with Gasteiger partial charge in [-0.15, -0.1) is 17.4 Å². The molecule has 10 nitrogen and oxygen atoms in total. The van der Waals surface area contributed by atoms with Crippen molar-refractivity contribution in [1.82, 2.24) is 15.7 Å². The predicted octanol–water partition coefficient (Wildman–Crippen LogP) is 1.19. The molecule has 0 aromatic rings. The van der Waals surface area contributed by atoms with Gasteiger partial charge in [0.05, 0.1) is 0 Å². The lowest BCUT2D eigenvalue weighted by Crippen LogP contribution is -2.45. The van der Waals surface area contributed by atoms with E-state index in [0.717, 1.165) is 0 Å². The summed E-state index contributed by atoms with van der Waals surface area (Å²) >= 11 is 0. The van der Waals surface area contributed by atoms with Crippen LogP contribution in [0.15, 0.2) is 0 Å². The third-order valence-electron chi connectivity index (χ3n) is 3.89. The molecule has 1 saturated heterocycles. The monoisotopic (exact) mass is 423 g/mol. The molecule has 166 valence electrons. The number of hydrogen-bond donors (Lipinski definition) is 2. The zero-order valence-electron chi connectivity index (χ0n) is 17.6. The number of alkyl carbamates (subject to hydrolysis) is 1. The second-order valence-corrected chi connectivity index (χ2v) is 7.74. The van der Waals surface area contributed by atoms with Crippen molar-refractivity contribution in [3.63, 3.8) is 0 Å². The number of rotatable bonds is 10. The maximum Gasteiger partial charge on any atom is 0.407 e. The summed E-state index contributed by atoms with van der Waals surface area (Å²) < 4.78 is 5.12. The summed E-state index contributed by atoms with van der Waals surface area (Å²) in [4.78, 5) is 64.2. The fourth-order valence-electron chi connectivity index (χ4n) is 2.49. The lowest BCUT2D eigenvalue weighted by molar-refractivity contribution is -0.199. The van der Waals surface area contributed by atoms with Crippen LogP contribution in [0, 0.1) is 12.3 Å². The van der Waals surface area contributed by atoms with Gasteiger partial charge in [-0.2, -0.15) is 0 Å². The van der Waals surface area contributed by atoms with Crippen LogP contribution in [0.3, 0.4) is 0 Å². The Bertz CT molecular complexity index is 690. The van der Waals surface area contributed by atoms with Crippen molar-refractivity contribution in [2.45, 2.75) is 77.4 Å². The molecule has 1 atom stereocenters. The molecule has 0 aliphatic carbocycles. The molecule has 0 radical (unpaired) electrons. The fourth-order valence-corrected chi connectivity index (χ4v) is 2.49. The number of imide groups is 1. The Morgan fingerprint density at radius 3 is 2.37 bits per heavy atom. The fraction of sp³-hybridized carbons (Fsp3) is 0.650. The van der Waals surface area contributed by atoms with Gasteiger partial charge in [0, 0.05) is 32.2 Å². The Hall–Kier alpha value is -3.09. The van der Waals surface area contributed by atoms with Gasteiger partial charge >= 0.3 is 12.1 Å². The minimum Gasteiger partial charge on any atom is -0.444 e. The van der Waals surface area contributed by atoms with Crippen molar-refractivity contribution in [2.75, 3.05) is 6.54 Å². The number of terminal acetylenes is 1. The molecule has 1 rings (SSSR count). The highest BCUT2D eigenvalue weighted by atomic mass is 16.7. The van der Waals surface area contributed by atoms with Gasteiger partial charge in [0.15, 0.2) is 0 Å². The number of ether oxygens (including phenoxy) is 1. The van der Waals surface area contributed by atoms with Crippen molar-refractivity contribution in [1.29, 1.82) is 0 Å². The summed E-state index contributed by atoms with van der Waals surface area (Å²) in [5.41, 5.74) is -0.605. The van der Waals surface area contributed by atoms with E-state index in [1.807, 2.05) is 0 Å². The Morgan fingerprint density at radius 2 is 1.80 bits per heavy atom. The number of hydroxylamine groups is 2.